The third-order valence-corrected chi connectivity index (χ3v) is 4.19. The van der Waals surface area contributed by atoms with Gasteiger partial charge in [-0.1, -0.05) is 19.0 Å². The van der Waals surface area contributed by atoms with Crippen molar-refractivity contribution in [2.45, 2.75) is 25.7 Å². The summed E-state index contributed by atoms with van der Waals surface area (Å²) in [6, 6.07) is 0. The van der Waals surface area contributed by atoms with Gasteiger partial charge in [-0.05, 0) is 18.9 Å². The van der Waals surface area contributed by atoms with Gasteiger partial charge < -0.3 is 14.4 Å². The summed E-state index contributed by atoms with van der Waals surface area (Å²) in [6.45, 7) is 6.32. The molecular weight excluding hydrogens is 242 g/mol. The molecule has 0 aromatic carbocycles. The van der Waals surface area contributed by atoms with E-state index in [1.54, 1.807) is 12.5 Å². The number of hydrogen-bond acceptors (Lipinski definition) is 5. The van der Waals surface area contributed by atoms with E-state index in [-0.39, 0.29) is 5.41 Å². The Morgan fingerprint density at radius 1 is 1.47 bits per heavy atom. The first-order valence-corrected chi connectivity index (χ1v) is 6.65. The van der Waals surface area contributed by atoms with Gasteiger partial charge in [0.2, 0.25) is 11.7 Å². The molecule has 3 rings (SSSR count). The Morgan fingerprint density at radius 3 is 2.89 bits per heavy atom. The topological polar surface area (TPSA) is 68.8 Å². The quantitative estimate of drug-likeness (QED) is 0.903. The van der Waals surface area contributed by atoms with Crippen molar-refractivity contribution in [3.63, 3.8) is 0 Å². The van der Waals surface area contributed by atoms with Crippen LogP contribution < -0.4 is 5.32 Å². The molecule has 102 valence electrons. The minimum absolute atomic E-state index is 0.0379. The Bertz CT molecular complexity index is 565. The summed E-state index contributed by atoms with van der Waals surface area (Å²) in [5.74, 6) is 1.81. The van der Waals surface area contributed by atoms with Gasteiger partial charge in [0.25, 0.3) is 0 Å². The summed E-state index contributed by atoms with van der Waals surface area (Å²) in [4.78, 5) is 8.70. The Labute approximate surface area is 112 Å². The highest BCUT2D eigenvalue weighted by Gasteiger charge is 2.43. The molecule has 0 saturated carbocycles. The second kappa shape index (κ2) is 4.45. The maximum atomic E-state index is 5.55. The lowest BCUT2D eigenvalue weighted by Gasteiger charge is -2.27. The summed E-state index contributed by atoms with van der Waals surface area (Å²) in [5, 5.41) is 7.52. The normalized spacial score (nSPS) is 23.4. The SMILES string of the molecule is CC(C)C1(c2nc(-c3cncn3C)no2)CCNC1. The second-order valence-electron chi connectivity index (χ2n) is 5.55. The lowest BCUT2D eigenvalue weighted by molar-refractivity contribution is 0.234. The maximum Gasteiger partial charge on any atom is 0.234 e. The van der Waals surface area contributed by atoms with Crippen molar-refractivity contribution >= 4 is 0 Å². The van der Waals surface area contributed by atoms with Gasteiger partial charge in [0.15, 0.2) is 0 Å². The number of nitrogens with one attached hydrogen (secondary N) is 1. The summed E-state index contributed by atoms with van der Waals surface area (Å²) in [6.07, 6.45) is 4.53. The summed E-state index contributed by atoms with van der Waals surface area (Å²) < 4.78 is 7.44. The van der Waals surface area contributed by atoms with Crippen LogP contribution in [0.3, 0.4) is 0 Å². The van der Waals surface area contributed by atoms with Crippen molar-refractivity contribution in [1.29, 1.82) is 0 Å². The lowest BCUT2D eigenvalue weighted by atomic mass is 9.76. The van der Waals surface area contributed by atoms with Crippen LogP contribution in [0.4, 0.5) is 0 Å². The molecule has 3 heterocycles. The van der Waals surface area contributed by atoms with Crippen molar-refractivity contribution < 1.29 is 4.52 Å². The molecule has 0 aliphatic carbocycles. The molecule has 19 heavy (non-hydrogen) atoms. The van der Waals surface area contributed by atoms with Crippen LogP contribution in [0.1, 0.15) is 26.2 Å². The largest absolute Gasteiger partial charge is 0.338 e. The highest BCUT2D eigenvalue weighted by Crippen LogP contribution is 2.37. The molecule has 0 radical (unpaired) electrons. The number of aryl methyl sites for hydroxylation is 1. The van der Waals surface area contributed by atoms with Gasteiger partial charge in [0.1, 0.15) is 5.69 Å². The monoisotopic (exact) mass is 261 g/mol. The minimum Gasteiger partial charge on any atom is -0.338 e. The van der Waals surface area contributed by atoms with E-state index in [4.69, 9.17) is 4.52 Å². The van der Waals surface area contributed by atoms with Gasteiger partial charge >= 0.3 is 0 Å². The highest BCUT2D eigenvalue weighted by atomic mass is 16.5. The fourth-order valence-corrected chi connectivity index (χ4v) is 2.74. The van der Waals surface area contributed by atoms with Gasteiger partial charge in [-0.15, -0.1) is 0 Å². The van der Waals surface area contributed by atoms with Gasteiger partial charge in [0, 0.05) is 13.6 Å². The molecule has 1 fully saturated rings. The second-order valence-corrected chi connectivity index (χ2v) is 5.55. The molecule has 1 unspecified atom stereocenters. The summed E-state index contributed by atoms with van der Waals surface area (Å²) in [5.41, 5.74) is 0.837. The zero-order valence-corrected chi connectivity index (χ0v) is 11.6. The first-order valence-electron chi connectivity index (χ1n) is 6.65. The molecule has 1 aliphatic rings. The zero-order chi connectivity index (χ0) is 13.5. The van der Waals surface area contributed by atoms with E-state index in [0.29, 0.717) is 11.7 Å². The fraction of sp³-hybridized carbons (Fsp3) is 0.615. The van der Waals surface area contributed by atoms with Gasteiger partial charge in [-0.25, -0.2) is 4.98 Å². The number of imidazole rings is 1. The Hall–Kier alpha value is -1.69. The predicted molar refractivity (Wildman–Crippen MR) is 70.5 cm³/mol. The Balaban J connectivity index is 1.99. The van der Waals surface area contributed by atoms with E-state index in [1.807, 2.05) is 11.6 Å². The smallest absolute Gasteiger partial charge is 0.234 e. The average molecular weight is 261 g/mol. The van der Waals surface area contributed by atoms with Crippen molar-refractivity contribution in [3.05, 3.63) is 18.4 Å². The van der Waals surface area contributed by atoms with Crippen LogP contribution in [0, 0.1) is 5.92 Å². The van der Waals surface area contributed by atoms with E-state index in [1.165, 1.54) is 0 Å². The lowest BCUT2D eigenvalue weighted by Crippen LogP contribution is -2.35. The van der Waals surface area contributed by atoms with Crippen LogP contribution in [0.25, 0.3) is 11.5 Å². The molecule has 6 heteroatoms. The molecule has 2 aromatic heterocycles. The van der Waals surface area contributed by atoms with Gasteiger partial charge in [0.05, 0.1) is 17.9 Å². The molecule has 2 aromatic rings. The Morgan fingerprint density at radius 2 is 2.32 bits per heavy atom. The average Bonchev–Trinajstić information content (AvgIpc) is 3.07. The van der Waals surface area contributed by atoms with Crippen molar-refractivity contribution in [3.8, 4) is 11.5 Å². The number of aromatic nitrogens is 4. The minimum atomic E-state index is -0.0379. The standard InChI is InChI=1S/C13H19N5O/c1-9(2)13(4-5-14-7-13)12-16-11(17-19-12)10-6-15-8-18(10)3/h6,8-9,14H,4-5,7H2,1-3H3. The molecule has 1 saturated heterocycles. The molecule has 1 aliphatic heterocycles. The van der Waals surface area contributed by atoms with Crippen LogP contribution in [-0.2, 0) is 12.5 Å². The number of rotatable bonds is 3. The highest BCUT2D eigenvalue weighted by molar-refractivity contribution is 5.47. The maximum absolute atomic E-state index is 5.55. The molecule has 0 bridgehead atoms. The molecule has 6 nitrogen and oxygen atoms in total. The van der Waals surface area contributed by atoms with Crippen LogP contribution >= 0.6 is 0 Å². The van der Waals surface area contributed by atoms with Crippen molar-refractivity contribution in [2.75, 3.05) is 13.1 Å². The number of hydrogen-bond donors (Lipinski definition) is 1. The van der Waals surface area contributed by atoms with Crippen LogP contribution in [0.15, 0.2) is 17.0 Å². The Kier molecular flexibility index (Phi) is 2.89. The van der Waals surface area contributed by atoms with Gasteiger partial charge in [-0.3, -0.25) is 0 Å². The first kappa shape index (κ1) is 12.3. The zero-order valence-electron chi connectivity index (χ0n) is 11.6. The van der Waals surface area contributed by atoms with Crippen molar-refractivity contribution in [1.82, 2.24) is 25.0 Å². The first-order chi connectivity index (χ1) is 9.13. The van der Waals surface area contributed by atoms with E-state index < -0.39 is 0 Å². The van der Waals surface area contributed by atoms with Crippen LogP contribution in [0.2, 0.25) is 0 Å². The predicted octanol–water partition coefficient (Wildman–Crippen LogP) is 1.36. The van der Waals surface area contributed by atoms with E-state index in [2.05, 4.69) is 34.3 Å². The van der Waals surface area contributed by atoms with Crippen molar-refractivity contribution in [2.24, 2.45) is 13.0 Å². The van der Waals surface area contributed by atoms with Crippen LogP contribution in [0.5, 0.6) is 0 Å². The molecular formula is C13H19N5O. The third-order valence-electron chi connectivity index (χ3n) is 4.19. The molecule has 1 atom stereocenters. The van der Waals surface area contributed by atoms with E-state index in [0.717, 1.165) is 31.1 Å². The van der Waals surface area contributed by atoms with E-state index >= 15 is 0 Å². The van der Waals surface area contributed by atoms with E-state index in [9.17, 15) is 0 Å². The summed E-state index contributed by atoms with van der Waals surface area (Å²) in [7, 11) is 1.92. The molecule has 0 amide bonds. The number of nitrogens with zero attached hydrogens (tertiary/aromatic N) is 4. The fourth-order valence-electron chi connectivity index (χ4n) is 2.74. The molecule has 1 N–H and O–H groups in total. The van der Waals surface area contributed by atoms with Gasteiger partial charge in [-0.2, -0.15) is 4.98 Å². The van der Waals surface area contributed by atoms with Crippen LogP contribution in [-0.4, -0.2) is 32.8 Å². The summed E-state index contributed by atoms with van der Waals surface area (Å²) >= 11 is 0. The third kappa shape index (κ3) is 1.87. The molecule has 0 spiro atoms.